The highest BCUT2D eigenvalue weighted by molar-refractivity contribution is 5.38. The fraction of sp³-hybridized carbons (Fsp3) is 0.400. The highest BCUT2D eigenvalue weighted by Crippen LogP contribution is 2.21. The molecule has 0 fully saturated rings. The molecule has 0 radical (unpaired) electrons. The summed E-state index contributed by atoms with van der Waals surface area (Å²) in [5, 5.41) is 9.15. The highest BCUT2D eigenvalue weighted by atomic mass is 16.5. The third-order valence-electron chi connectivity index (χ3n) is 1.42. The van der Waals surface area contributed by atoms with Gasteiger partial charge in [0.25, 0.3) is 0 Å². The number of phenols is 1. The number of aryl methyl sites for hydroxylation is 1. The molecule has 0 atom stereocenters. The van der Waals surface area contributed by atoms with E-state index in [0.717, 1.165) is 5.56 Å². The summed E-state index contributed by atoms with van der Waals surface area (Å²) in [7, 11) is 1.57. The van der Waals surface area contributed by atoms with Gasteiger partial charge in [0.15, 0.2) is 0 Å². The lowest BCUT2D eigenvalue weighted by Crippen LogP contribution is -1.82. The Hall–Kier alpha value is -1.18. The van der Waals surface area contributed by atoms with Crippen molar-refractivity contribution in [2.24, 2.45) is 0 Å². The lowest BCUT2D eigenvalue weighted by molar-refractivity contribution is 0.407. The van der Waals surface area contributed by atoms with Crippen molar-refractivity contribution in [3.8, 4) is 11.5 Å². The Kier molecular flexibility index (Phi) is 4.93. The van der Waals surface area contributed by atoms with Gasteiger partial charge in [-0.05, 0) is 18.6 Å². The average Bonchev–Trinajstić information content (AvgIpc) is 2.13. The molecule has 2 nitrogen and oxygen atoms in total. The summed E-state index contributed by atoms with van der Waals surface area (Å²) < 4.78 is 4.89. The van der Waals surface area contributed by atoms with Crippen LogP contribution in [0.15, 0.2) is 18.2 Å². The summed E-state index contributed by atoms with van der Waals surface area (Å²) in [6.45, 7) is 5.84. The lowest BCUT2D eigenvalue weighted by atomic mass is 10.2. The van der Waals surface area contributed by atoms with Crippen molar-refractivity contribution in [2.75, 3.05) is 7.11 Å². The molecule has 0 aromatic heterocycles. The molecule has 0 aliphatic carbocycles. The second-order valence-electron chi connectivity index (χ2n) is 2.15. The first-order chi connectivity index (χ1) is 5.74. The molecule has 0 spiro atoms. The summed E-state index contributed by atoms with van der Waals surface area (Å²) in [5.41, 5.74) is 0.862. The van der Waals surface area contributed by atoms with Gasteiger partial charge in [-0.3, -0.25) is 0 Å². The van der Waals surface area contributed by atoms with Crippen molar-refractivity contribution in [1.29, 1.82) is 0 Å². The van der Waals surface area contributed by atoms with Crippen LogP contribution in [0, 0.1) is 6.92 Å². The van der Waals surface area contributed by atoms with Gasteiger partial charge in [-0.1, -0.05) is 19.9 Å². The third-order valence-corrected chi connectivity index (χ3v) is 1.42. The van der Waals surface area contributed by atoms with E-state index in [1.165, 1.54) is 0 Å². The SMILES string of the molecule is CC.COc1ccc(C)c(O)c1. The first kappa shape index (κ1) is 10.8. The van der Waals surface area contributed by atoms with Crippen LogP contribution < -0.4 is 4.74 Å². The van der Waals surface area contributed by atoms with Crippen LogP contribution >= 0.6 is 0 Å². The van der Waals surface area contributed by atoms with E-state index < -0.39 is 0 Å². The first-order valence-electron chi connectivity index (χ1n) is 4.07. The number of aromatic hydroxyl groups is 1. The molecule has 0 unspecified atom stereocenters. The number of hydrogen-bond acceptors (Lipinski definition) is 2. The minimum absolute atomic E-state index is 0.277. The largest absolute Gasteiger partial charge is 0.508 e. The number of benzene rings is 1. The van der Waals surface area contributed by atoms with E-state index >= 15 is 0 Å². The normalized spacial score (nSPS) is 8.33. The fourth-order valence-electron chi connectivity index (χ4n) is 0.716. The summed E-state index contributed by atoms with van der Waals surface area (Å²) >= 11 is 0. The van der Waals surface area contributed by atoms with Gasteiger partial charge >= 0.3 is 0 Å². The number of hydrogen-bond donors (Lipinski definition) is 1. The van der Waals surface area contributed by atoms with E-state index in [1.807, 2.05) is 32.9 Å². The summed E-state index contributed by atoms with van der Waals surface area (Å²) in [5.74, 6) is 0.961. The van der Waals surface area contributed by atoms with Crippen molar-refractivity contribution in [3.05, 3.63) is 23.8 Å². The lowest BCUT2D eigenvalue weighted by Gasteiger charge is -2.01. The van der Waals surface area contributed by atoms with E-state index in [1.54, 1.807) is 13.2 Å². The Balaban J connectivity index is 0.000000561. The molecule has 2 heteroatoms. The summed E-state index contributed by atoms with van der Waals surface area (Å²) in [6.07, 6.45) is 0. The number of methoxy groups -OCH3 is 1. The Morgan fingerprint density at radius 2 is 1.83 bits per heavy atom. The predicted octanol–water partition coefficient (Wildman–Crippen LogP) is 2.74. The van der Waals surface area contributed by atoms with Gasteiger partial charge in [-0.25, -0.2) is 0 Å². The van der Waals surface area contributed by atoms with E-state index in [9.17, 15) is 0 Å². The molecule has 1 aromatic carbocycles. The Bertz CT molecular complexity index is 231. The van der Waals surface area contributed by atoms with Crippen LogP contribution in [0.25, 0.3) is 0 Å². The fourth-order valence-corrected chi connectivity index (χ4v) is 0.716. The topological polar surface area (TPSA) is 29.5 Å². The highest BCUT2D eigenvalue weighted by Gasteiger charge is 1.95. The zero-order valence-electron chi connectivity index (χ0n) is 8.09. The molecule has 0 saturated carbocycles. The van der Waals surface area contributed by atoms with Crippen molar-refractivity contribution in [2.45, 2.75) is 20.8 Å². The number of rotatable bonds is 1. The van der Waals surface area contributed by atoms with Gasteiger partial charge in [-0.2, -0.15) is 0 Å². The quantitative estimate of drug-likeness (QED) is 0.698. The Morgan fingerprint density at radius 3 is 2.25 bits per heavy atom. The molecule has 0 amide bonds. The van der Waals surface area contributed by atoms with Crippen LogP contribution in [-0.2, 0) is 0 Å². The molecule has 12 heavy (non-hydrogen) atoms. The van der Waals surface area contributed by atoms with Crippen LogP contribution in [0.1, 0.15) is 19.4 Å². The molecule has 0 aliphatic rings. The van der Waals surface area contributed by atoms with Gasteiger partial charge in [0.2, 0.25) is 0 Å². The maximum absolute atomic E-state index is 9.15. The van der Waals surface area contributed by atoms with Crippen LogP contribution in [-0.4, -0.2) is 12.2 Å². The zero-order valence-corrected chi connectivity index (χ0v) is 8.09. The van der Waals surface area contributed by atoms with Gasteiger partial charge in [-0.15, -0.1) is 0 Å². The average molecular weight is 168 g/mol. The van der Waals surface area contributed by atoms with Crippen LogP contribution in [0.4, 0.5) is 0 Å². The summed E-state index contributed by atoms with van der Waals surface area (Å²) in [6, 6.07) is 5.22. The molecule has 1 aromatic rings. The van der Waals surface area contributed by atoms with Gasteiger partial charge in [0, 0.05) is 6.07 Å². The smallest absolute Gasteiger partial charge is 0.122 e. The second kappa shape index (κ2) is 5.47. The monoisotopic (exact) mass is 168 g/mol. The molecule has 1 rings (SSSR count). The Labute approximate surface area is 73.8 Å². The molecule has 0 heterocycles. The molecule has 1 N–H and O–H groups in total. The van der Waals surface area contributed by atoms with Crippen molar-refractivity contribution < 1.29 is 9.84 Å². The third kappa shape index (κ3) is 2.82. The van der Waals surface area contributed by atoms with Crippen molar-refractivity contribution in [1.82, 2.24) is 0 Å². The summed E-state index contributed by atoms with van der Waals surface area (Å²) in [4.78, 5) is 0. The van der Waals surface area contributed by atoms with Crippen molar-refractivity contribution >= 4 is 0 Å². The van der Waals surface area contributed by atoms with Gasteiger partial charge in [0.1, 0.15) is 11.5 Å². The molecular weight excluding hydrogens is 152 g/mol. The number of phenolic OH excluding ortho intramolecular Hbond substituents is 1. The number of ether oxygens (including phenoxy) is 1. The van der Waals surface area contributed by atoms with E-state index in [0.29, 0.717) is 5.75 Å². The molecule has 0 saturated heterocycles. The Morgan fingerprint density at radius 1 is 1.25 bits per heavy atom. The molecule has 0 aliphatic heterocycles. The van der Waals surface area contributed by atoms with Gasteiger partial charge in [0.05, 0.1) is 7.11 Å². The first-order valence-corrected chi connectivity index (χ1v) is 4.07. The molecular formula is C10H16O2. The van der Waals surface area contributed by atoms with Crippen LogP contribution in [0.3, 0.4) is 0 Å². The van der Waals surface area contributed by atoms with Gasteiger partial charge < -0.3 is 9.84 Å². The second-order valence-corrected chi connectivity index (χ2v) is 2.15. The minimum atomic E-state index is 0.277. The molecule has 68 valence electrons. The van der Waals surface area contributed by atoms with E-state index in [-0.39, 0.29) is 5.75 Å². The van der Waals surface area contributed by atoms with Crippen molar-refractivity contribution in [3.63, 3.8) is 0 Å². The van der Waals surface area contributed by atoms with E-state index in [2.05, 4.69) is 0 Å². The maximum atomic E-state index is 9.15. The predicted molar refractivity (Wildman–Crippen MR) is 50.7 cm³/mol. The van der Waals surface area contributed by atoms with Crippen LogP contribution in [0.5, 0.6) is 11.5 Å². The maximum Gasteiger partial charge on any atom is 0.122 e. The zero-order chi connectivity index (χ0) is 9.56. The molecule has 0 bridgehead atoms. The van der Waals surface area contributed by atoms with Crippen LogP contribution in [0.2, 0.25) is 0 Å². The van der Waals surface area contributed by atoms with E-state index in [4.69, 9.17) is 9.84 Å². The standard InChI is InChI=1S/C8H10O2.C2H6/c1-6-3-4-7(10-2)5-8(6)9;1-2/h3-5,9H,1-2H3;1-2H3. The minimum Gasteiger partial charge on any atom is -0.508 e.